The van der Waals surface area contributed by atoms with E-state index in [1.165, 1.54) is 6.42 Å². The highest BCUT2D eigenvalue weighted by molar-refractivity contribution is 5.82. The van der Waals surface area contributed by atoms with Gasteiger partial charge in [-0.3, -0.25) is 9.59 Å². The van der Waals surface area contributed by atoms with Gasteiger partial charge in [0, 0.05) is 13.1 Å². The van der Waals surface area contributed by atoms with Gasteiger partial charge in [-0.05, 0) is 29.9 Å². The molecule has 3 rings (SSSR count). The summed E-state index contributed by atoms with van der Waals surface area (Å²) < 4.78 is 5.86. The van der Waals surface area contributed by atoms with Crippen LogP contribution in [0.5, 0.6) is 0 Å². The zero-order valence-corrected chi connectivity index (χ0v) is 14.1. The van der Waals surface area contributed by atoms with Crippen LogP contribution in [-0.4, -0.2) is 41.1 Å². The van der Waals surface area contributed by atoms with Crippen LogP contribution in [0.3, 0.4) is 0 Å². The first-order valence-corrected chi connectivity index (χ1v) is 8.76. The molecule has 1 saturated carbocycles. The predicted octanol–water partition coefficient (Wildman–Crippen LogP) is 2.79. The van der Waals surface area contributed by atoms with Gasteiger partial charge >= 0.3 is 5.97 Å². The maximum atomic E-state index is 12.5. The molecule has 1 aliphatic carbocycles. The molecular weight excluding hydrogens is 306 g/mol. The summed E-state index contributed by atoms with van der Waals surface area (Å²) in [6.45, 7) is 2.90. The fourth-order valence-corrected chi connectivity index (χ4v) is 3.81. The summed E-state index contributed by atoms with van der Waals surface area (Å²) in [5, 5.41) is 9.48. The Morgan fingerprint density at radius 3 is 2.75 bits per heavy atom. The topological polar surface area (TPSA) is 66.8 Å². The van der Waals surface area contributed by atoms with E-state index in [2.05, 4.69) is 6.92 Å². The molecule has 0 aromatic heterocycles. The lowest BCUT2D eigenvalue weighted by atomic mass is 9.88. The zero-order valence-electron chi connectivity index (χ0n) is 14.1. The Hall–Kier alpha value is -1.88. The minimum absolute atomic E-state index is 0.0452. The number of nitrogens with zero attached hydrogens (tertiary/aromatic N) is 1. The van der Waals surface area contributed by atoms with Crippen LogP contribution in [0, 0.1) is 5.92 Å². The maximum Gasteiger partial charge on any atom is 0.312 e. The van der Waals surface area contributed by atoms with Crippen LogP contribution < -0.4 is 0 Å². The first kappa shape index (κ1) is 17.0. The van der Waals surface area contributed by atoms with Crippen LogP contribution >= 0.6 is 0 Å². The van der Waals surface area contributed by atoms with E-state index in [9.17, 15) is 14.7 Å². The molecular formula is C19H25NO4. The van der Waals surface area contributed by atoms with Gasteiger partial charge in [0.05, 0.1) is 12.0 Å². The van der Waals surface area contributed by atoms with E-state index < -0.39 is 11.9 Å². The van der Waals surface area contributed by atoms with Gasteiger partial charge in [0.25, 0.3) is 0 Å². The Morgan fingerprint density at radius 1 is 1.25 bits per heavy atom. The van der Waals surface area contributed by atoms with Crippen molar-refractivity contribution in [1.29, 1.82) is 0 Å². The van der Waals surface area contributed by atoms with Crippen molar-refractivity contribution in [1.82, 2.24) is 4.90 Å². The van der Waals surface area contributed by atoms with Crippen LogP contribution in [0.4, 0.5) is 0 Å². The third kappa shape index (κ3) is 3.61. The second kappa shape index (κ2) is 7.34. The normalized spacial score (nSPS) is 26.7. The summed E-state index contributed by atoms with van der Waals surface area (Å²) >= 11 is 0. The van der Waals surface area contributed by atoms with E-state index in [0.29, 0.717) is 12.5 Å². The Bertz CT molecular complexity index is 615. The number of rotatable bonds is 4. The third-order valence-corrected chi connectivity index (χ3v) is 5.30. The van der Waals surface area contributed by atoms with Crippen molar-refractivity contribution in [2.75, 3.05) is 13.2 Å². The summed E-state index contributed by atoms with van der Waals surface area (Å²) in [5.41, 5.74) is 1.73. The molecule has 0 saturated heterocycles. The van der Waals surface area contributed by atoms with E-state index in [1.54, 1.807) is 4.90 Å². The number of aliphatic carboxylic acids is 1. The SMILES string of the molecule is CC1CCCCC1OCC(=O)N1Cc2ccccc2C(C(=O)O)C1. The number of carboxylic acids is 1. The van der Waals surface area contributed by atoms with E-state index in [1.807, 2.05) is 24.3 Å². The Balaban J connectivity index is 1.64. The van der Waals surface area contributed by atoms with Crippen molar-refractivity contribution in [2.24, 2.45) is 5.92 Å². The fraction of sp³-hybridized carbons (Fsp3) is 0.579. The van der Waals surface area contributed by atoms with E-state index in [4.69, 9.17) is 4.74 Å². The van der Waals surface area contributed by atoms with Gasteiger partial charge in [-0.1, -0.05) is 44.0 Å². The van der Waals surface area contributed by atoms with Crippen LogP contribution in [0.1, 0.15) is 49.7 Å². The smallest absolute Gasteiger partial charge is 0.312 e. The van der Waals surface area contributed by atoms with Gasteiger partial charge < -0.3 is 14.7 Å². The molecule has 0 radical (unpaired) electrons. The number of ether oxygens (including phenoxy) is 1. The Labute approximate surface area is 142 Å². The second-order valence-electron chi connectivity index (χ2n) is 6.98. The van der Waals surface area contributed by atoms with Gasteiger partial charge in [-0.15, -0.1) is 0 Å². The minimum Gasteiger partial charge on any atom is -0.481 e. The molecule has 1 aromatic carbocycles. The Kier molecular flexibility index (Phi) is 5.19. The molecule has 1 fully saturated rings. The summed E-state index contributed by atoms with van der Waals surface area (Å²) in [7, 11) is 0. The molecule has 0 spiro atoms. The monoisotopic (exact) mass is 331 g/mol. The molecule has 1 heterocycles. The van der Waals surface area contributed by atoms with Crippen molar-refractivity contribution >= 4 is 11.9 Å². The Morgan fingerprint density at radius 2 is 2.00 bits per heavy atom. The van der Waals surface area contributed by atoms with E-state index >= 15 is 0 Å². The molecule has 2 aliphatic rings. The molecule has 3 unspecified atom stereocenters. The van der Waals surface area contributed by atoms with Crippen molar-refractivity contribution in [3.05, 3.63) is 35.4 Å². The number of carbonyl (C=O) groups is 2. The standard InChI is InChI=1S/C19H25NO4/c1-13-6-2-5-9-17(13)24-12-18(21)20-10-14-7-3-4-8-15(14)16(11-20)19(22)23/h3-4,7-8,13,16-17H,2,5-6,9-12H2,1H3,(H,22,23). The summed E-state index contributed by atoms with van der Waals surface area (Å²) in [5.74, 6) is -1.18. The number of carbonyl (C=O) groups excluding carboxylic acids is 1. The van der Waals surface area contributed by atoms with Crippen molar-refractivity contribution in [3.63, 3.8) is 0 Å². The van der Waals surface area contributed by atoms with Crippen LogP contribution in [0.15, 0.2) is 24.3 Å². The third-order valence-electron chi connectivity index (χ3n) is 5.30. The molecule has 3 atom stereocenters. The van der Waals surface area contributed by atoms with Gasteiger partial charge in [-0.2, -0.15) is 0 Å². The molecule has 1 amide bonds. The van der Waals surface area contributed by atoms with Crippen molar-refractivity contribution < 1.29 is 19.4 Å². The lowest BCUT2D eigenvalue weighted by molar-refractivity contribution is -0.145. The highest BCUT2D eigenvalue weighted by Gasteiger charge is 2.33. The van der Waals surface area contributed by atoms with Gasteiger partial charge in [0.15, 0.2) is 0 Å². The van der Waals surface area contributed by atoms with E-state index in [-0.39, 0.29) is 25.2 Å². The minimum atomic E-state index is -0.887. The average Bonchev–Trinajstić information content (AvgIpc) is 2.59. The molecule has 0 bridgehead atoms. The number of fused-ring (bicyclic) bond motifs is 1. The maximum absolute atomic E-state index is 12.5. The highest BCUT2D eigenvalue weighted by atomic mass is 16.5. The van der Waals surface area contributed by atoms with E-state index in [0.717, 1.165) is 30.4 Å². The van der Waals surface area contributed by atoms with Crippen molar-refractivity contribution in [2.45, 2.75) is 51.2 Å². The molecule has 1 aliphatic heterocycles. The predicted molar refractivity (Wildman–Crippen MR) is 89.6 cm³/mol. The second-order valence-corrected chi connectivity index (χ2v) is 6.98. The lowest BCUT2D eigenvalue weighted by Gasteiger charge is -2.34. The quantitative estimate of drug-likeness (QED) is 0.921. The fourth-order valence-electron chi connectivity index (χ4n) is 3.81. The van der Waals surface area contributed by atoms with Crippen LogP contribution in [0.2, 0.25) is 0 Å². The first-order valence-electron chi connectivity index (χ1n) is 8.76. The van der Waals surface area contributed by atoms with Crippen LogP contribution in [0.25, 0.3) is 0 Å². The number of amides is 1. The number of hydrogen-bond donors (Lipinski definition) is 1. The average molecular weight is 331 g/mol. The number of carboxylic acid groups (broad SMARTS) is 1. The molecule has 1 aromatic rings. The molecule has 5 heteroatoms. The molecule has 1 N–H and O–H groups in total. The number of hydrogen-bond acceptors (Lipinski definition) is 3. The van der Waals surface area contributed by atoms with Crippen LogP contribution in [-0.2, 0) is 20.9 Å². The largest absolute Gasteiger partial charge is 0.481 e. The zero-order chi connectivity index (χ0) is 17.1. The highest BCUT2D eigenvalue weighted by Crippen LogP contribution is 2.29. The number of benzene rings is 1. The molecule has 130 valence electrons. The van der Waals surface area contributed by atoms with Crippen molar-refractivity contribution in [3.8, 4) is 0 Å². The summed E-state index contributed by atoms with van der Waals surface area (Å²) in [6.07, 6.45) is 4.70. The lowest BCUT2D eigenvalue weighted by Crippen LogP contribution is -2.43. The van der Waals surface area contributed by atoms with Gasteiger partial charge in [0.1, 0.15) is 6.61 Å². The van der Waals surface area contributed by atoms with Gasteiger partial charge in [-0.25, -0.2) is 0 Å². The molecule has 24 heavy (non-hydrogen) atoms. The van der Waals surface area contributed by atoms with Gasteiger partial charge in [0.2, 0.25) is 5.91 Å². The first-order chi connectivity index (χ1) is 11.6. The molecule has 5 nitrogen and oxygen atoms in total. The summed E-state index contributed by atoms with van der Waals surface area (Å²) in [6, 6.07) is 7.47. The summed E-state index contributed by atoms with van der Waals surface area (Å²) in [4.78, 5) is 25.7.